The maximum absolute atomic E-state index is 13.7. The van der Waals surface area contributed by atoms with Gasteiger partial charge in [0.05, 0.1) is 0 Å². The van der Waals surface area contributed by atoms with Crippen molar-refractivity contribution in [3.8, 4) is 5.88 Å². The van der Waals surface area contributed by atoms with E-state index in [-0.39, 0.29) is 23.8 Å². The summed E-state index contributed by atoms with van der Waals surface area (Å²) in [5, 5.41) is 9.70. The van der Waals surface area contributed by atoms with Gasteiger partial charge in [0.25, 0.3) is 5.88 Å². The van der Waals surface area contributed by atoms with Crippen LogP contribution in [0.1, 0.15) is 47.5 Å². The first kappa shape index (κ1) is 21.9. The number of carboxylic acid groups (broad SMARTS) is 1. The monoisotopic (exact) mass is 395 g/mol. The summed E-state index contributed by atoms with van der Waals surface area (Å²) in [6.45, 7) is 9.91. The molecule has 28 heavy (non-hydrogen) atoms. The van der Waals surface area contributed by atoms with Crippen molar-refractivity contribution in [2.45, 2.75) is 65.1 Å². The van der Waals surface area contributed by atoms with E-state index in [0.29, 0.717) is 25.9 Å². The molecule has 7 nitrogen and oxygen atoms in total. The normalized spacial score (nSPS) is 16.8. The van der Waals surface area contributed by atoms with Crippen molar-refractivity contribution in [2.75, 3.05) is 13.1 Å². The molecule has 1 atom stereocenters. The van der Waals surface area contributed by atoms with Gasteiger partial charge in [-0.3, -0.25) is 9.69 Å². The Bertz CT molecular complexity index is 697. The van der Waals surface area contributed by atoms with E-state index in [2.05, 4.69) is 4.98 Å². The molecule has 1 aromatic rings. The number of hydrogen-bond donors (Lipinski definition) is 1. The molecule has 1 aliphatic rings. The summed E-state index contributed by atoms with van der Waals surface area (Å²) in [5.41, 5.74) is -0.700. The smallest absolute Gasteiger partial charge is 0.408 e. The quantitative estimate of drug-likeness (QED) is 0.826. The molecule has 0 radical (unpaired) electrons. The second kappa shape index (κ2) is 8.75. The molecule has 8 heteroatoms. The van der Waals surface area contributed by atoms with Crippen LogP contribution in [-0.4, -0.2) is 62.7 Å². The van der Waals surface area contributed by atoms with Crippen LogP contribution in [0, 0.1) is 11.7 Å². The van der Waals surface area contributed by atoms with Gasteiger partial charge in [0, 0.05) is 37.7 Å². The number of hydrogen-bond acceptors (Lipinski definition) is 4. The van der Waals surface area contributed by atoms with Gasteiger partial charge in [-0.1, -0.05) is 13.8 Å². The molecule has 1 aliphatic heterocycles. The van der Waals surface area contributed by atoms with E-state index in [9.17, 15) is 19.1 Å². The van der Waals surface area contributed by atoms with Crippen LogP contribution in [0.2, 0.25) is 0 Å². The number of carbonyl (C=O) groups is 2. The van der Waals surface area contributed by atoms with Gasteiger partial charge in [-0.15, -0.1) is 0 Å². The van der Waals surface area contributed by atoms with Crippen LogP contribution in [0.5, 0.6) is 5.88 Å². The molecule has 0 unspecified atom stereocenters. The molecule has 1 fully saturated rings. The number of aromatic nitrogens is 1. The zero-order chi connectivity index (χ0) is 21.1. The number of rotatable bonds is 5. The third-order valence-electron chi connectivity index (χ3n) is 4.85. The zero-order valence-corrected chi connectivity index (χ0v) is 17.2. The average Bonchev–Trinajstić information content (AvgIpc) is 2.60. The standard InChI is InChI=1S/C20H30FN3O4/c1-13(2)16(24(19(26)27)20(3,4)5)18(25)23-11-8-14(9-12-23)28-17-15(21)7-6-10-22-17/h6-7,10,13-14,16H,8-9,11-12H2,1-5H3,(H,26,27)/t16-/m0/s1. The Hall–Kier alpha value is -2.38. The topological polar surface area (TPSA) is 83.0 Å². The predicted octanol–water partition coefficient (Wildman–Crippen LogP) is 3.39. The van der Waals surface area contributed by atoms with Crippen LogP contribution < -0.4 is 4.74 Å². The van der Waals surface area contributed by atoms with Crippen LogP contribution in [0.4, 0.5) is 9.18 Å². The van der Waals surface area contributed by atoms with E-state index in [1.165, 1.54) is 23.2 Å². The molecule has 2 heterocycles. The fourth-order valence-corrected chi connectivity index (χ4v) is 3.51. The summed E-state index contributed by atoms with van der Waals surface area (Å²) in [4.78, 5) is 31.8. The van der Waals surface area contributed by atoms with Gasteiger partial charge in [0.15, 0.2) is 5.82 Å². The van der Waals surface area contributed by atoms with Crippen LogP contribution in [0.25, 0.3) is 0 Å². The van der Waals surface area contributed by atoms with Gasteiger partial charge in [-0.2, -0.15) is 0 Å². The Morgan fingerprint density at radius 2 is 1.93 bits per heavy atom. The highest BCUT2D eigenvalue weighted by atomic mass is 19.1. The summed E-state index contributed by atoms with van der Waals surface area (Å²) in [7, 11) is 0. The summed E-state index contributed by atoms with van der Waals surface area (Å²) in [5.74, 6) is -0.908. The molecular weight excluding hydrogens is 365 g/mol. The Morgan fingerprint density at radius 1 is 1.32 bits per heavy atom. The second-order valence-corrected chi connectivity index (χ2v) is 8.45. The Kier molecular flexibility index (Phi) is 6.85. The number of ether oxygens (including phenoxy) is 1. The molecule has 156 valence electrons. The van der Waals surface area contributed by atoms with Gasteiger partial charge in [-0.05, 0) is 38.8 Å². The highest BCUT2D eigenvalue weighted by Crippen LogP contribution is 2.26. The number of carbonyl (C=O) groups excluding carboxylic acids is 1. The lowest BCUT2D eigenvalue weighted by Gasteiger charge is -2.43. The first-order valence-corrected chi connectivity index (χ1v) is 9.60. The van der Waals surface area contributed by atoms with Crippen LogP contribution in [0.15, 0.2) is 18.3 Å². The van der Waals surface area contributed by atoms with Crippen molar-refractivity contribution in [3.63, 3.8) is 0 Å². The van der Waals surface area contributed by atoms with Gasteiger partial charge in [0.2, 0.25) is 5.91 Å². The maximum Gasteiger partial charge on any atom is 0.408 e. The van der Waals surface area contributed by atoms with Crippen LogP contribution in [0.3, 0.4) is 0 Å². The molecule has 2 rings (SSSR count). The molecule has 2 amide bonds. The minimum atomic E-state index is -1.11. The summed E-state index contributed by atoms with van der Waals surface area (Å²) in [6.07, 6.45) is 1.20. The number of nitrogens with zero attached hydrogens (tertiary/aromatic N) is 3. The Balaban J connectivity index is 2.06. The minimum Gasteiger partial charge on any atom is -0.472 e. The Labute approximate surface area is 165 Å². The van der Waals surface area contributed by atoms with Crippen molar-refractivity contribution in [3.05, 3.63) is 24.1 Å². The minimum absolute atomic E-state index is 0.0304. The summed E-state index contributed by atoms with van der Waals surface area (Å²) >= 11 is 0. The molecule has 0 bridgehead atoms. The third-order valence-corrected chi connectivity index (χ3v) is 4.85. The van der Waals surface area contributed by atoms with Crippen LogP contribution >= 0.6 is 0 Å². The number of amides is 2. The molecule has 0 spiro atoms. The number of halogens is 1. The van der Waals surface area contributed by atoms with Crippen molar-refractivity contribution in [1.82, 2.24) is 14.8 Å². The zero-order valence-electron chi connectivity index (χ0n) is 17.2. The van der Waals surface area contributed by atoms with E-state index in [1.807, 2.05) is 13.8 Å². The molecule has 0 aliphatic carbocycles. The Morgan fingerprint density at radius 3 is 2.39 bits per heavy atom. The van der Waals surface area contributed by atoms with Crippen LogP contribution in [-0.2, 0) is 4.79 Å². The van der Waals surface area contributed by atoms with E-state index in [0.717, 1.165) is 0 Å². The van der Waals surface area contributed by atoms with E-state index < -0.39 is 23.5 Å². The average molecular weight is 395 g/mol. The molecule has 1 aromatic heterocycles. The number of piperidine rings is 1. The van der Waals surface area contributed by atoms with E-state index >= 15 is 0 Å². The lowest BCUT2D eigenvalue weighted by atomic mass is 9.94. The first-order chi connectivity index (χ1) is 13.0. The first-order valence-electron chi connectivity index (χ1n) is 9.60. The highest BCUT2D eigenvalue weighted by Gasteiger charge is 2.41. The van der Waals surface area contributed by atoms with Gasteiger partial charge < -0.3 is 14.7 Å². The third kappa shape index (κ3) is 5.11. The molecule has 0 saturated carbocycles. The van der Waals surface area contributed by atoms with Gasteiger partial charge in [-0.25, -0.2) is 14.2 Å². The fourth-order valence-electron chi connectivity index (χ4n) is 3.51. The van der Waals surface area contributed by atoms with Crippen molar-refractivity contribution in [2.24, 2.45) is 5.92 Å². The van der Waals surface area contributed by atoms with E-state index in [4.69, 9.17) is 4.74 Å². The molecular formula is C20H30FN3O4. The van der Waals surface area contributed by atoms with Gasteiger partial charge in [0.1, 0.15) is 12.1 Å². The van der Waals surface area contributed by atoms with Crippen molar-refractivity contribution >= 4 is 12.0 Å². The van der Waals surface area contributed by atoms with Gasteiger partial charge >= 0.3 is 6.09 Å². The summed E-state index contributed by atoms with van der Waals surface area (Å²) < 4.78 is 19.3. The highest BCUT2D eigenvalue weighted by molar-refractivity contribution is 5.86. The largest absolute Gasteiger partial charge is 0.472 e. The van der Waals surface area contributed by atoms with Crippen molar-refractivity contribution < 1.29 is 23.8 Å². The SMILES string of the molecule is CC(C)[C@@H](C(=O)N1CCC(Oc2ncccc2F)CC1)N(C(=O)O)C(C)(C)C. The maximum atomic E-state index is 13.7. The lowest BCUT2D eigenvalue weighted by Crippen LogP contribution is -2.60. The fraction of sp³-hybridized carbons (Fsp3) is 0.650. The molecule has 1 N–H and O–H groups in total. The van der Waals surface area contributed by atoms with E-state index in [1.54, 1.807) is 25.7 Å². The predicted molar refractivity (Wildman–Crippen MR) is 103 cm³/mol. The summed E-state index contributed by atoms with van der Waals surface area (Å²) in [6, 6.07) is 2.03. The molecule has 1 saturated heterocycles. The number of likely N-dealkylation sites (tertiary alicyclic amines) is 1. The lowest BCUT2D eigenvalue weighted by molar-refractivity contribution is -0.142. The second-order valence-electron chi connectivity index (χ2n) is 8.45. The van der Waals surface area contributed by atoms with Crippen molar-refractivity contribution in [1.29, 1.82) is 0 Å². The number of pyridine rings is 1. The molecule has 0 aromatic carbocycles.